The van der Waals surface area contributed by atoms with Crippen LogP contribution in [0.4, 0.5) is 0 Å². The predicted molar refractivity (Wildman–Crippen MR) is 40.1 cm³/mol. The van der Waals surface area contributed by atoms with Crippen LogP contribution in [0.25, 0.3) is 0 Å². The quantitative estimate of drug-likeness (QED) is 0.374. The van der Waals surface area contributed by atoms with Gasteiger partial charge in [-0.25, -0.2) is 4.21 Å². The molecule has 10 heavy (non-hydrogen) atoms. The van der Waals surface area contributed by atoms with Crippen molar-refractivity contribution in [1.82, 2.24) is 0 Å². The van der Waals surface area contributed by atoms with Gasteiger partial charge < -0.3 is 5.11 Å². The fourth-order valence-corrected chi connectivity index (χ4v) is 1.54. The molecule has 0 saturated carbocycles. The van der Waals surface area contributed by atoms with Gasteiger partial charge in [-0.05, 0) is 17.2 Å². The van der Waals surface area contributed by atoms with Gasteiger partial charge in [0.1, 0.15) is 0 Å². The van der Waals surface area contributed by atoms with Crippen LogP contribution in [0.15, 0.2) is 0 Å². The van der Waals surface area contributed by atoms with E-state index < -0.39 is 16.1 Å². The van der Waals surface area contributed by atoms with Crippen molar-refractivity contribution in [2.75, 3.05) is 5.75 Å². The molecule has 0 aliphatic rings. The molecule has 4 nitrogen and oxygen atoms in total. The summed E-state index contributed by atoms with van der Waals surface area (Å²) in [5.41, 5.74) is 0. The van der Waals surface area contributed by atoms with Crippen molar-refractivity contribution in [3.05, 3.63) is 0 Å². The summed E-state index contributed by atoms with van der Waals surface area (Å²) in [5.74, 6) is -0.459. The van der Waals surface area contributed by atoms with Gasteiger partial charge in [-0.1, -0.05) is 0 Å². The van der Waals surface area contributed by atoms with Crippen LogP contribution in [-0.4, -0.2) is 25.6 Å². The van der Waals surface area contributed by atoms with Crippen LogP contribution >= 0.6 is 10.8 Å². The van der Waals surface area contributed by atoms with E-state index in [-0.39, 0.29) is 6.42 Å². The summed E-state index contributed by atoms with van der Waals surface area (Å²) in [6.07, 6.45) is 0.497. The molecule has 0 rings (SSSR count). The molecule has 1 atom stereocenters. The van der Waals surface area contributed by atoms with Gasteiger partial charge in [-0.2, -0.15) is 0 Å². The number of hydrogen-bond acceptors (Lipinski definition) is 3. The van der Waals surface area contributed by atoms with Crippen molar-refractivity contribution in [3.8, 4) is 0 Å². The fraction of sp³-hybridized carbons (Fsp3) is 0.750. The molecule has 2 N–H and O–H groups in total. The van der Waals surface area contributed by atoms with Gasteiger partial charge >= 0.3 is 5.97 Å². The first-order chi connectivity index (χ1) is 4.63. The van der Waals surface area contributed by atoms with Crippen LogP contribution in [0.5, 0.6) is 0 Å². The lowest BCUT2D eigenvalue weighted by atomic mass is 10.3. The second kappa shape index (κ2) is 5.70. The normalized spacial score (nSPS) is 12.9. The first kappa shape index (κ1) is 9.93. The first-order valence-electron chi connectivity index (χ1n) is 2.59. The van der Waals surface area contributed by atoms with E-state index in [4.69, 9.17) is 9.66 Å². The molecule has 1 unspecified atom stereocenters. The minimum absolute atomic E-state index is 0.0597. The van der Waals surface area contributed by atoms with Gasteiger partial charge in [0.15, 0.2) is 0 Å². The van der Waals surface area contributed by atoms with Crippen LogP contribution in [0, 0.1) is 0 Å². The fourth-order valence-electron chi connectivity index (χ4n) is 0.354. The minimum Gasteiger partial charge on any atom is -0.481 e. The highest BCUT2D eigenvalue weighted by atomic mass is 33.1. The maximum atomic E-state index is 9.97. The lowest BCUT2D eigenvalue weighted by Crippen LogP contribution is -1.95. The van der Waals surface area contributed by atoms with Gasteiger partial charge in [-0.3, -0.25) is 9.35 Å². The van der Waals surface area contributed by atoms with Crippen LogP contribution in [-0.2, 0) is 14.9 Å². The Hall–Kier alpha value is -0.0700. The van der Waals surface area contributed by atoms with Crippen LogP contribution in [0.3, 0.4) is 0 Å². The molecule has 0 aliphatic carbocycles. The van der Waals surface area contributed by atoms with E-state index in [1.165, 1.54) is 0 Å². The Labute approximate surface area is 64.7 Å². The summed E-state index contributed by atoms with van der Waals surface area (Å²) >= 11 is 0. The number of aliphatic carboxylic acids is 1. The zero-order valence-corrected chi connectivity index (χ0v) is 6.78. The Morgan fingerprint density at radius 2 is 2.20 bits per heavy atom. The maximum Gasteiger partial charge on any atom is 0.303 e. The van der Waals surface area contributed by atoms with Crippen molar-refractivity contribution in [3.63, 3.8) is 0 Å². The molecule has 0 aliphatic heterocycles. The van der Waals surface area contributed by atoms with E-state index in [1.54, 1.807) is 0 Å². The largest absolute Gasteiger partial charge is 0.481 e. The zero-order valence-electron chi connectivity index (χ0n) is 5.15. The molecule has 0 spiro atoms. The van der Waals surface area contributed by atoms with Gasteiger partial charge in [0.25, 0.3) is 0 Å². The predicted octanol–water partition coefficient (Wildman–Crippen LogP) is 0.721. The molecule has 0 heterocycles. The average Bonchev–Trinajstić information content (AvgIpc) is 1.79. The lowest BCUT2D eigenvalue weighted by Gasteiger charge is -1.92. The SMILES string of the molecule is O=C(O)CCCSS(=O)O. The number of carboxylic acid groups (broad SMARTS) is 1. The summed E-state index contributed by atoms with van der Waals surface area (Å²) in [7, 11) is -1.02. The van der Waals surface area contributed by atoms with Crippen molar-refractivity contribution in [1.29, 1.82) is 0 Å². The molecule has 0 amide bonds. The van der Waals surface area contributed by atoms with E-state index in [9.17, 15) is 9.00 Å². The van der Waals surface area contributed by atoms with Crippen molar-refractivity contribution < 1.29 is 18.7 Å². The molecule has 0 bridgehead atoms. The number of rotatable bonds is 5. The zero-order chi connectivity index (χ0) is 7.98. The Morgan fingerprint density at radius 1 is 1.60 bits per heavy atom. The highest BCUT2D eigenvalue weighted by Crippen LogP contribution is 2.06. The molecular formula is C4H8O4S2. The first-order valence-corrected chi connectivity index (χ1v) is 5.20. The Bertz CT molecular complexity index is 119. The summed E-state index contributed by atoms with van der Waals surface area (Å²) in [6, 6.07) is 0. The smallest absolute Gasteiger partial charge is 0.303 e. The lowest BCUT2D eigenvalue weighted by molar-refractivity contribution is -0.137. The van der Waals surface area contributed by atoms with Gasteiger partial charge in [0, 0.05) is 12.2 Å². The van der Waals surface area contributed by atoms with E-state index >= 15 is 0 Å². The van der Waals surface area contributed by atoms with Gasteiger partial charge in [0.05, 0.1) is 0 Å². The Balaban J connectivity index is 3.06. The van der Waals surface area contributed by atoms with Crippen LogP contribution in [0.1, 0.15) is 12.8 Å². The monoisotopic (exact) mass is 184 g/mol. The van der Waals surface area contributed by atoms with E-state index in [0.717, 1.165) is 10.8 Å². The maximum absolute atomic E-state index is 9.97. The Morgan fingerprint density at radius 3 is 2.60 bits per heavy atom. The second-order valence-electron chi connectivity index (χ2n) is 1.54. The molecule has 0 aromatic rings. The van der Waals surface area contributed by atoms with Crippen LogP contribution < -0.4 is 0 Å². The third-order valence-electron chi connectivity index (χ3n) is 0.719. The van der Waals surface area contributed by atoms with E-state index in [0.29, 0.717) is 12.2 Å². The molecule has 0 fully saturated rings. The van der Waals surface area contributed by atoms with Gasteiger partial charge in [-0.15, -0.1) is 0 Å². The molecular weight excluding hydrogens is 176 g/mol. The highest BCUT2D eigenvalue weighted by molar-refractivity contribution is 8.67. The van der Waals surface area contributed by atoms with E-state index in [2.05, 4.69) is 0 Å². The molecule has 6 heteroatoms. The molecule has 0 aromatic heterocycles. The topological polar surface area (TPSA) is 74.6 Å². The molecule has 0 saturated heterocycles. The van der Waals surface area contributed by atoms with Gasteiger partial charge in [0.2, 0.25) is 10.1 Å². The van der Waals surface area contributed by atoms with Crippen LogP contribution in [0.2, 0.25) is 0 Å². The molecule has 60 valence electrons. The standard InChI is InChI=1S/C4H8O4S2/c5-4(6)2-1-3-9-10(7)8/h1-3H2,(H,5,6)(H,7,8). The third-order valence-corrected chi connectivity index (χ3v) is 2.48. The Kier molecular flexibility index (Phi) is 5.66. The second-order valence-corrected chi connectivity index (χ2v) is 4.18. The summed E-state index contributed by atoms with van der Waals surface area (Å²) in [4.78, 5) is 9.90. The summed E-state index contributed by atoms with van der Waals surface area (Å²) in [6.45, 7) is 0. The summed E-state index contributed by atoms with van der Waals surface area (Å²) < 4.78 is 18.2. The minimum atomic E-state index is -1.86. The number of carboxylic acids is 1. The number of carbonyl (C=O) groups is 1. The summed E-state index contributed by atoms with van der Waals surface area (Å²) in [5, 5.41) is 8.13. The van der Waals surface area contributed by atoms with E-state index in [1.807, 2.05) is 0 Å². The van der Waals surface area contributed by atoms with Crippen molar-refractivity contribution in [2.24, 2.45) is 0 Å². The number of hydrogen-bond donors (Lipinski definition) is 2. The average molecular weight is 184 g/mol. The third kappa shape index (κ3) is 7.93. The molecule has 0 aromatic carbocycles. The highest BCUT2D eigenvalue weighted by Gasteiger charge is 1.98. The molecule has 0 radical (unpaired) electrons. The van der Waals surface area contributed by atoms with Crippen molar-refractivity contribution >= 4 is 26.9 Å². The van der Waals surface area contributed by atoms with Crippen molar-refractivity contribution in [2.45, 2.75) is 12.8 Å².